The maximum absolute atomic E-state index is 3.42. The van der Waals surface area contributed by atoms with Gasteiger partial charge in [0.15, 0.2) is 0 Å². The maximum atomic E-state index is 3.42. The number of hydrogen-bond acceptors (Lipinski definition) is 3. The molecule has 2 aromatic heterocycles. The number of aromatic nitrogens is 3. The Morgan fingerprint density at radius 3 is 2.20 bits per heavy atom. The van der Waals surface area contributed by atoms with E-state index < -0.39 is 0 Å². The fourth-order valence-corrected chi connectivity index (χ4v) is 0.847. The van der Waals surface area contributed by atoms with Crippen LogP contribution in [0.25, 0.3) is 0 Å². The number of nitrogens with one attached hydrogen (secondary N) is 1. The largest absolute Gasteiger partial charge is 0.266 e. The van der Waals surface area contributed by atoms with Gasteiger partial charge in [-0.15, -0.1) is 5.10 Å². The topological polar surface area (TPSA) is 41.6 Å². The first-order chi connectivity index (χ1) is 5.00. The zero-order valence-electron chi connectivity index (χ0n) is 5.27. The van der Waals surface area contributed by atoms with E-state index >= 15 is 0 Å². The maximum Gasteiger partial charge on any atom is 0.0690 e. The molecule has 10 heavy (non-hydrogen) atoms. The van der Waals surface area contributed by atoms with Crippen molar-refractivity contribution in [1.82, 2.24) is 15.4 Å². The van der Waals surface area contributed by atoms with Crippen LogP contribution < -0.4 is 0 Å². The van der Waals surface area contributed by atoms with Gasteiger partial charge in [-0.2, -0.15) is 11.3 Å². The van der Waals surface area contributed by atoms with Crippen LogP contribution in [0.2, 0.25) is 0 Å². The van der Waals surface area contributed by atoms with Gasteiger partial charge in [0.25, 0.3) is 0 Å². The normalized spacial score (nSPS) is 8.00. The van der Waals surface area contributed by atoms with Crippen LogP contribution in [0.4, 0.5) is 0 Å². The summed E-state index contributed by atoms with van der Waals surface area (Å²) in [5, 5.41) is 13.3. The summed E-state index contributed by atoms with van der Waals surface area (Å²) in [6.07, 6.45) is 3.24. The van der Waals surface area contributed by atoms with Crippen molar-refractivity contribution in [3.63, 3.8) is 0 Å². The summed E-state index contributed by atoms with van der Waals surface area (Å²) in [5.74, 6) is 0. The van der Waals surface area contributed by atoms with Crippen molar-refractivity contribution in [3.05, 3.63) is 35.3 Å². The standard InChI is InChI=1S/C4H4S.C2H3N3/c2*1-2-4-5-3-1/h1-4H;1-2H,(H,3,4,5). The van der Waals surface area contributed by atoms with Crippen LogP contribution in [-0.2, 0) is 0 Å². The van der Waals surface area contributed by atoms with Crippen LogP contribution in [0.15, 0.2) is 35.3 Å². The van der Waals surface area contributed by atoms with Crippen LogP contribution in [0.1, 0.15) is 0 Å². The average Bonchev–Trinajstić information content (AvgIpc) is 2.67. The van der Waals surface area contributed by atoms with E-state index in [2.05, 4.69) is 15.4 Å². The monoisotopic (exact) mass is 153 g/mol. The highest BCUT2D eigenvalue weighted by atomic mass is 32.1. The lowest BCUT2D eigenvalue weighted by Gasteiger charge is -1.46. The highest BCUT2D eigenvalue weighted by molar-refractivity contribution is 7.07. The predicted molar refractivity (Wildman–Crippen MR) is 40.7 cm³/mol. The molecule has 3 nitrogen and oxygen atoms in total. The highest BCUT2D eigenvalue weighted by Gasteiger charge is 1.58. The Balaban J connectivity index is 0.0000001000. The Labute approximate surface area is 62.7 Å². The first kappa shape index (κ1) is 6.95. The van der Waals surface area contributed by atoms with E-state index in [0.717, 1.165) is 0 Å². The Hall–Kier alpha value is -1.16. The molecule has 2 rings (SSSR count). The molecule has 0 saturated heterocycles. The smallest absolute Gasteiger partial charge is 0.0690 e. The van der Waals surface area contributed by atoms with E-state index in [9.17, 15) is 0 Å². The van der Waals surface area contributed by atoms with E-state index in [1.807, 2.05) is 22.9 Å². The van der Waals surface area contributed by atoms with Crippen LogP contribution in [-0.4, -0.2) is 15.4 Å². The van der Waals surface area contributed by atoms with Crippen molar-refractivity contribution in [2.24, 2.45) is 0 Å². The summed E-state index contributed by atoms with van der Waals surface area (Å²) in [5.41, 5.74) is 0. The van der Waals surface area contributed by atoms with E-state index in [1.54, 1.807) is 23.7 Å². The van der Waals surface area contributed by atoms with Crippen LogP contribution >= 0.6 is 11.3 Å². The highest BCUT2D eigenvalue weighted by Crippen LogP contribution is 1.91. The molecule has 0 aliphatic carbocycles. The number of hydrogen-bond donors (Lipinski definition) is 1. The molecule has 2 heterocycles. The lowest BCUT2D eigenvalue weighted by Crippen LogP contribution is -1.61. The molecular formula is C6H7N3S. The molecule has 0 atom stereocenters. The number of nitrogens with zero attached hydrogens (tertiary/aromatic N) is 2. The molecule has 2 aromatic rings. The molecule has 0 unspecified atom stereocenters. The van der Waals surface area contributed by atoms with Crippen LogP contribution in [0.3, 0.4) is 0 Å². The fraction of sp³-hybridized carbons (Fsp3) is 0. The van der Waals surface area contributed by atoms with Crippen molar-refractivity contribution in [2.75, 3.05) is 0 Å². The van der Waals surface area contributed by atoms with Gasteiger partial charge < -0.3 is 0 Å². The molecular weight excluding hydrogens is 146 g/mol. The summed E-state index contributed by atoms with van der Waals surface area (Å²) in [6, 6.07) is 4.04. The molecule has 0 amide bonds. The van der Waals surface area contributed by atoms with Gasteiger partial charge in [-0.1, -0.05) is 17.3 Å². The van der Waals surface area contributed by atoms with Crippen molar-refractivity contribution in [1.29, 1.82) is 0 Å². The molecule has 0 aliphatic rings. The summed E-state index contributed by atoms with van der Waals surface area (Å²) in [7, 11) is 0. The van der Waals surface area contributed by atoms with Gasteiger partial charge >= 0.3 is 0 Å². The van der Waals surface area contributed by atoms with Gasteiger partial charge in [0.2, 0.25) is 0 Å². The van der Waals surface area contributed by atoms with Crippen molar-refractivity contribution in [2.45, 2.75) is 0 Å². The number of aromatic amines is 1. The molecule has 0 aromatic carbocycles. The van der Waals surface area contributed by atoms with Gasteiger partial charge in [-0.05, 0) is 10.8 Å². The molecule has 0 saturated carbocycles. The minimum atomic E-state index is 1.58. The first-order valence-electron chi connectivity index (χ1n) is 2.78. The average molecular weight is 153 g/mol. The van der Waals surface area contributed by atoms with Gasteiger partial charge in [-0.3, -0.25) is 5.10 Å². The summed E-state index contributed by atoms with van der Waals surface area (Å²) in [4.78, 5) is 0. The van der Waals surface area contributed by atoms with Crippen molar-refractivity contribution >= 4 is 11.3 Å². The van der Waals surface area contributed by atoms with E-state index in [4.69, 9.17) is 0 Å². The lowest BCUT2D eigenvalue weighted by molar-refractivity contribution is 0.940. The van der Waals surface area contributed by atoms with Crippen LogP contribution in [0, 0.1) is 0 Å². The third-order valence-electron chi connectivity index (χ3n) is 0.757. The van der Waals surface area contributed by atoms with Crippen molar-refractivity contribution < 1.29 is 0 Å². The minimum absolute atomic E-state index is 1.58. The molecule has 4 heteroatoms. The molecule has 0 bridgehead atoms. The molecule has 1 N–H and O–H groups in total. The van der Waals surface area contributed by atoms with Gasteiger partial charge in [0.1, 0.15) is 0 Å². The molecule has 0 radical (unpaired) electrons. The second-order valence-corrected chi connectivity index (χ2v) is 2.27. The zero-order chi connectivity index (χ0) is 7.07. The van der Waals surface area contributed by atoms with E-state index in [-0.39, 0.29) is 0 Å². The van der Waals surface area contributed by atoms with Gasteiger partial charge in [0.05, 0.1) is 6.20 Å². The summed E-state index contributed by atoms with van der Waals surface area (Å²) < 4.78 is 0. The second-order valence-electron chi connectivity index (χ2n) is 1.45. The van der Waals surface area contributed by atoms with E-state index in [0.29, 0.717) is 0 Å². The quantitative estimate of drug-likeness (QED) is 0.624. The Morgan fingerprint density at radius 1 is 1.20 bits per heavy atom. The molecule has 0 fully saturated rings. The van der Waals surface area contributed by atoms with Crippen LogP contribution in [0.5, 0.6) is 0 Å². The SMILES string of the molecule is c1c[nH]nn1.c1ccsc1. The minimum Gasteiger partial charge on any atom is -0.266 e. The van der Waals surface area contributed by atoms with Gasteiger partial charge in [-0.25, -0.2) is 0 Å². The molecule has 52 valence electrons. The third kappa shape index (κ3) is 2.99. The number of H-pyrrole nitrogens is 1. The summed E-state index contributed by atoms with van der Waals surface area (Å²) in [6.45, 7) is 0. The Bertz CT molecular complexity index is 152. The molecule has 0 spiro atoms. The number of rotatable bonds is 0. The van der Waals surface area contributed by atoms with Crippen molar-refractivity contribution in [3.8, 4) is 0 Å². The lowest BCUT2D eigenvalue weighted by atomic mass is 10.7. The Morgan fingerprint density at radius 2 is 2.00 bits per heavy atom. The van der Waals surface area contributed by atoms with E-state index in [1.165, 1.54) is 0 Å². The zero-order valence-corrected chi connectivity index (χ0v) is 6.08. The second kappa shape index (κ2) is 4.69. The predicted octanol–water partition coefficient (Wildman–Crippen LogP) is 1.55. The third-order valence-corrected chi connectivity index (χ3v) is 1.39. The summed E-state index contributed by atoms with van der Waals surface area (Å²) >= 11 is 1.71. The molecule has 0 aliphatic heterocycles. The van der Waals surface area contributed by atoms with Gasteiger partial charge in [0, 0.05) is 6.20 Å². The fourth-order valence-electron chi connectivity index (χ4n) is 0.393. The Kier molecular flexibility index (Phi) is 3.26. The first-order valence-corrected chi connectivity index (χ1v) is 3.72. The number of thiophene rings is 1.